The Balaban J connectivity index is 1.27. The van der Waals surface area contributed by atoms with Crippen LogP contribution in [0.15, 0.2) is 42.5 Å². The van der Waals surface area contributed by atoms with Crippen LogP contribution in [0.4, 0.5) is 18.9 Å². The Morgan fingerprint density at radius 1 is 1.23 bits per heavy atom. The van der Waals surface area contributed by atoms with Gasteiger partial charge in [0, 0.05) is 33.5 Å². The maximum atomic E-state index is 13.0. The van der Waals surface area contributed by atoms with Crippen LogP contribution in [0.1, 0.15) is 37.3 Å². The lowest BCUT2D eigenvalue weighted by atomic mass is 9.73. The van der Waals surface area contributed by atoms with E-state index in [1.54, 1.807) is 30.3 Å². The number of fused-ring (bicyclic) bond motifs is 2. The second-order valence-electron chi connectivity index (χ2n) is 8.71. The van der Waals surface area contributed by atoms with E-state index in [0.29, 0.717) is 16.5 Å². The fourth-order valence-electron chi connectivity index (χ4n) is 5.46. The Morgan fingerprint density at radius 3 is 2.67 bits per heavy atom. The lowest BCUT2D eigenvalue weighted by Gasteiger charge is -2.31. The Labute approximate surface area is 177 Å². The summed E-state index contributed by atoms with van der Waals surface area (Å²) in [5.41, 5.74) is 0.783. The molecule has 0 bridgehead atoms. The van der Waals surface area contributed by atoms with Crippen LogP contribution in [-0.4, -0.2) is 12.0 Å². The minimum absolute atomic E-state index is 0.0276. The molecule has 0 saturated heterocycles. The van der Waals surface area contributed by atoms with Crippen molar-refractivity contribution >= 4 is 23.2 Å². The molecule has 1 N–H and O–H groups in total. The number of alkyl halides is 3. The van der Waals surface area contributed by atoms with Crippen molar-refractivity contribution in [1.82, 2.24) is 0 Å². The second kappa shape index (κ2) is 6.64. The number of rotatable bonds is 3. The van der Waals surface area contributed by atoms with Gasteiger partial charge in [0.1, 0.15) is 11.9 Å². The summed E-state index contributed by atoms with van der Waals surface area (Å²) >= 11 is 5.89. The average Bonchev–Trinajstić information content (AvgIpc) is 3.23. The van der Waals surface area contributed by atoms with Gasteiger partial charge in [0.2, 0.25) is 5.91 Å². The van der Waals surface area contributed by atoms with Gasteiger partial charge in [0.05, 0.1) is 5.56 Å². The van der Waals surface area contributed by atoms with Crippen molar-refractivity contribution in [2.24, 2.45) is 17.8 Å². The van der Waals surface area contributed by atoms with E-state index in [2.05, 4.69) is 5.32 Å². The third kappa shape index (κ3) is 2.99. The zero-order valence-corrected chi connectivity index (χ0v) is 17.1. The van der Waals surface area contributed by atoms with Crippen molar-refractivity contribution in [3.05, 3.63) is 58.6 Å². The third-order valence-corrected chi connectivity index (χ3v) is 7.46. The summed E-state index contributed by atoms with van der Waals surface area (Å²) in [6.07, 6.45) is -1.89. The van der Waals surface area contributed by atoms with Crippen molar-refractivity contribution < 1.29 is 22.7 Å². The average molecular weight is 436 g/mol. The number of carbonyl (C=O) groups is 1. The molecule has 2 fully saturated rings. The van der Waals surface area contributed by atoms with Crippen LogP contribution in [0.2, 0.25) is 5.02 Å². The number of anilines is 1. The highest BCUT2D eigenvalue weighted by molar-refractivity contribution is 6.30. The molecule has 5 atom stereocenters. The minimum atomic E-state index is -4.37. The summed E-state index contributed by atoms with van der Waals surface area (Å²) in [5, 5.41) is 3.56. The molecule has 2 aromatic carbocycles. The Morgan fingerprint density at radius 2 is 1.97 bits per heavy atom. The predicted octanol–water partition coefficient (Wildman–Crippen LogP) is 6.06. The first-order valence-electron chi connectivity index (χ1n) is 10.1. The van der Waals surface area contributed by atoms with E-state index in [4.69, 9.17) is 16.3 Å². The maximum Gasteiger partial charge on any atom is 0.416 e. The number of benzene rings is 2. The molecule has 1 amide bonds. The lowest BCUT2D eigenvalue weighted by Crippen LogP contribution is -2.31. The van der Waals surface area contributed by atoms with Crippen molar-refractivity contribution in [1.29, 1.82) is 0 Å². The quantitative estimate of drug-likeness (QED) is 0.636. The number of hydrogen-bond acceptors (Lipinski definition) is 2. The van der Waals surface area contributed by atoms with Gasteiger partial charge in [-0.15, -0.1) is 0 Å². The van der Waals surface area contributed by atoms with Crippen LogP contribution in [0.25, 0.3) is 0 Å². The summed E-state index contributed by atoms with van der Waals surface area (Å²) in [6.45, 7) is 1.94. The summed E-state index contributed by atoms with van der Waals surface area (Å²) < 4.78 is 44.9. The van der Waals surface area contributed by atoms with E-state index in [1.165, 1.54) is 0 Å². The van der Waals surface area contributed by atoms with Crippen LogP contribution in [-0.2, 0) is 16.4 Å². The van der Waals surface area contributed by atoms with Gasteiger partial charge < -0.3 is 10.1 Å². The largest absolute Gasteiger partial charge is 0.489 e. The lowest BCUT2D eigenvalue weighted by molar-refractivity contribution is -0.137. The highest BCUT2D eigenvalue weighted by Gasteiger charge is 2.73. The molecule has 3 nitrogen and oxygen atoms in total. The predicted molar refractivity (Wildman–Crippen MR) is 108 cm³/mol. The third-order valence-electron chi connectivity index (χ3n) is 7.21. The monoisotopic (exact) mass is 435 g/mol. The topological polar surface area (TPSA) is 38.3 Å². The van der Waals surface area contributed by atoms with E-state index >= 15 is 0 Å². The summed E-state index contributed by atoms with van der Waals surface area (Å²) in [4.78, 5) is 12.7. The zero-order chi connectivity index (χ0) is 21.3. The van der Waals surface area contributed by atoms with Gasteiger partial charge in [-0.3, -0.25) is 4.79 Å². The van der Waals surface area contributed by atoms with E-state index in [-0.39, 0.29) is 35.2 Å². The molecule has 30 heavy (non-hydrogen) atoms. The smallest absolute Gasteiger partial charge is 0.416 e. The summed E-state index contributed by atoms with van der Waals surface area (Å²) in [6, 6.07) is 10.9. The molecular weight excluding hydrogens is 415 g/mol. The SMILES string of the molecule is C[C@H](C(=O)Nc1ccc(Cl)cc1)[C@@H]1CC[C@@]23c4ccc(C(F)(F)F)cc4OC2C3C1. The fourth-order valence-corrected chi connectivity index (χ4v) is 5.59. The number of hydrogen-bond donors (Lipinski definition) is 1. The van der Waals surface area contributed by atoms with Gasteiger partial charge in [0.25, 0.3) is 0 Å². The normalized spacial score (nSPS) is 29.8. The number of halogens is 4. The molecule has 2 aromatic rings. The van der Waals surface area contributed by atoms with Crippen LogP contribution in [0, 0.1) is 17.8 Å². The Kier molecular flexibility index (Phi) is 4.37. The molecule has 2 saturated carbocycles. The highest BCUT2D eigenvalue weighted by atomic mass is 35.5. The molecule has 2 aliphatic carbocycles. The van der Waals surface area contributed by atoms with Gasteiger partial charge in [-0.25, -0.2) is 0 Å². The van der Waals surface area contributed by atoms with E-state index < -0.39 is 11.7 Å². The van der Waals surface area contributed by atoms with Crippen molar-refractivity contribution in [3.63, 3.8) is 0 Å². The molecule has 0 aromatic heterocycles. The van der Waals surface area contributed by atoms with Gasteiger partial charge in [-0.05, 0) is 61.6 Å². The van der Waals surface area contributed by atoms with Crippen LogP contribution in [0.3, 0.4) is 0 Å². The second-order valence-corrected chi connectivity index (χ2v) is 9.15. The Hall–Kier alpha value is -2.21. The van der Waals surface area contributed by atoms with Crippen LogP contribution >= 0.6 is 11.6 Å². The Bertz CT molecular complexity index is 1010. The van der Waals surface area contributed by atoms with E-state index in [0.717, 1.165) is 37.0 Å². The molecule has 7 heteroatoms. The van der Waals surface area contributed by atoms with Crippen molar-refractivity contribution in [2.75, 3.05) is 5.32 Å². The minimum Gasteiger partial charge on any atom is -0.489 e. The van der Waals surface area contributed by atoms with Gasteiger partial charge >= 0.3 is 6.18 Å². The number of carbonyl (C=O) groups excluding carboxylic acids is 1. The van der Waals surface area contributed by atoms with Gasteiger partial charge in [-0.2, -0.15) is 13.2 Å². The molecule has 1 heterocycles. The highest BCUT2D eigenvalue weighted by Crippen LogP contribution is 2.70. The number of ether oxygens (including phenoxy) is 1. The first-order chi connectivity index (χ1) is 14.2. The van der Waals surface area contributed by atoms with Crippen LogP contribution in [0.5, 0.6) is 5.75 Å². The van der Waals surface area contributed by atoms with Gasteiger partial charge in [0.15, 0.2) is 0 Å². The molecular formula is C23H21ClF3NO2. The molecule has 2 unspecified atom stereocenters. The molecule has 158 valence electrons. The molecule has 1 aliphatic heterocycles. The summed E-state index contributed by atoms with van der Waals surface area (Å²) in [7, 11) is 0. The number of nitrogens with one attached hydrogen (secondary N) is 1. The van der Waals surface area contributed by atoms with Gasteiger partial charge in [-0.1, -0.05) is 24.6 Å². The standard InChI is InChI=1S/C23H21ClF3NO2/c1-12(21(29)28-16-5-3-15(24)4-6-16)13-8-9-22-17-7-2-14(23(25,26)27)11-19(17)30-20(22)18(22)10-13/h2-7,11-13,18,20H,8-10H2,1H3,(H,28,29)/t12-,13+,18?,20?,22-/m0/s1. The first kappa shape index (κ1) is 19.7. The number of amides is 1. The summed E-state index contributed by atoms with van der Waals surface area (Å²) in [5.74, 6) is 0.677. The first-order valence-corrected chi connectivity index (χ1v) is 10.5. The molecule has 3 aliphatic rings. The van der Waals surface area contributed by atoms with Crippen molar-refractivity contribution in [2.45, 2.75) is 43.9 Å². The molecule has 1 spiro atoms. The van der Waals surface area contributed by atoms with Crippen molar-refractivity contribution in [3.8, 4) is 5.75 Å². The van der Waals surface area contributed by atoms with E-state index in [1.807, 2.05) is 6.92 Å². The zero-order valence-electron chi connectivity index (χ0n) is 16.3. The molecule has 5 rings (SSSR count). The van der Waals surface area contributed by atoms with E-state index in [9.17, 15) is 18.0 Å². The van der Waals surface area contributed by atoms with Crippen LogP contribution < -0.4 is 10.1 Å². The maximum absolute atomic E-state index is 13.0. The fraction of sp³-hybridized carbons (Fsp3) is 0.435. The molecule has 0 radical (unpaired) electrons.